The molecule has 1 rings (SSSR count). The van der Waals surface area contributed by atoms with E-state index in [2.05, 4.69) is 9.47 Å². The van der Waals surface area contributed by atoms with Gasteiger partial charge in [0.05, 0.1) is 0 Å². The summed E-state index contributed by atoms with van der Waals surface area (Å²) in [5, 5.41) is 7.86. The Morgan fingerprint density at radius 1 is 0.762 bits per heavy atom. The number of hydrogen-bond donors (Lipinski definition) is 1. The summed E-state index contributed by atoms with van der Waals surface area (Å²) in [6.45, 7) is 0. The Balaban J connectivity index is 0. The van der Waals surface area contributed by atoms with E-state index in [0.717, 1.165) is 0 Å². The van der Waals surface area contributed by atoms with Gasteiger partial charge in [0.15, 0.2) is 0 Å². The molecule has 0 bridgehead atoms. The van der Waals surface area contributed by atoms with Crippen LogP contribution in [0.3, 0.4) is 0 Å². The normalized spacial score (nSPS) is 33.7. The molecule has 21 heavy (non-hydrogen) atoms. The predicted molar refractivity (Wildman–Crippen MR) is 34.1 cm³/mol. The van der Waals surface area contributed by atoms with E-state index < -0.39 is 36.2 Å². The van der Waals surface area contributed by atoms with Gasteiger partial charge in [-0.15, -0.1) is 0 Å². The van der Waals surface area contributed by atoms with Gasteiger partial charge in [0.2, 0.25) is 0 Å². The van der Waals surface area contributed by atoms with Crippen molar-refractivity contribution in [3.05, 3.63) is 0 Å². The molecular formula is C6H2F11KO3. The van der Waals surface area contributed by atoms with Crippen molar-refractivity contribution in [1.29, 1.82) is 0 Å². The van der Waals surface area contributed by atoms with Crippen LogP contribution in [0.5, 0.6) is 0 Å². The van der Waals surface area contributed by atoms with Crippen molar-refractivity contribution < 1.29 is 116 Å². The van der Waals surface area contributed by atoms with E-state index in [-0.39, 0.29) is 52.8 Å². The molecule has 0 spiro atoms. The second-order valence-electron chi connectivity index (χ2n) is 3.47. The number of halogens is 11. The predicted octanol–water partition coefficient (Wildman–Crippen LogP) is -0.186. The van der Waals surface area contributed by atoms with Crippen LogP contribution in [0.4, 0.5) is 48.3 Å². The first-order chi connectivity index (χ1) is 8.41. The molecule has 0 aromatic rings. The SMILES string of the molecule is OC(F)(F)C1(C(F)(F)F)OC(F)(F)C(F)(C(F)(F)F)O1.[H-].[K+]. The molecule has 1 aliphatic heterocycles. The molecule has 122 valence electrons. The first-order valence-corrected chi connectivity index (χ1v) is 4.12. The maximum Gasteiger partial charge on any atom is 1.00 e. The molecule has 0 radical (unpaired) electrons. The number of ether oxygens (including phenoxy) is 2. The Bertz CT molecular complexity index is 390. The van der Waals surface area contributed by atoms with Crippen LogP contribution in [0.2, 0.25) is 0 Å². The van der Waals surface area contributed by atoms with E-state index in [1.165, 1.54) is 0 Å². The van der Waals surface area contributed by atoms with Crippen molar-refractivity contribution in [2.24, 2.45) is 0 Å². The fourth-order valence-electron chi connectivity index (χ4n) is 1.16. The maximum atomic E-state index is 13.0. The van der Waals surface area contributed by atoms with Crippen LogP contribution in [0.1, 0.15) is 1.43 Å². The summed E-state index contributed by atoms with van der Waals surface area (Å²) in [7, 11) is 0. The number of hydrogen-bond acceptors (Lipinski definition) is 3. The molecular weight excluding hydrogens is 368 g/mol. The molecule has 2 unspecified atom stereocenters. The average Bonchev–Trinajstić information content (AvgIpc) is 2.32. The molecule has 15 heteroatoms. The third-order valence-corrected chi connectivity index (χ3v) is 2.06. The van der Waals surface area contributed by atoms with E-state index in [9.17, 15) is 48.3 Å². The largest absolute Gasteiger partial charge is 1.00 e. The zero-order valence-corrected chi connectivity index (χ0v) is 12.5. The van der Waals surface area contributed by atoms with Crippen LogP contribution in [0.25, 0.3) is 0 Å². The summed E-state index contributed by atoms with van der Waals surface area (Å²) < 4.78 is 140. The quantitative estimate of drug-likeness (QED) is 0.514. The molecule has 1 saturated heterocycles. The zero-order valence-electron chi connectivity index (χ0n) is 10.4. The molecule has 0 saturated carbocycles. The molecule has 1 fully saturated rings. The maximum absolute atomic E-state index is 13.0. The third-order valence-electron chi connectivity index (χ3n) is 2.06. The minimum absolute atomic E-state index is 0. The van der Waals surface area contributed by atoms with Crippen LogP contribution >= 0.6 is 0 Å². The second-order valence-corrected chi connectivity index (χ2v) is 3.47. The molecule has 3 nitrogen and oxygen atoms in total. The van der Waals surface area contributed by atoms with Gasteiger partial charge < -0.3 is 6.53 Å². The molecule has 0 amide bonds. The molecule has 0 aliphatic carbocycles. The van der Waals surface area contributed by atoms with Crippen LogP contribution in [-0.4, -0.2) is 41.3 Å². The van der Waals surface area contributed by atoms with E-state index in [1.54, 1.807) is 0 Å². The molecule has 0 aromatic heterocycles. The topological polar surface area (TPSA) is 38.7 Å². The van der Waals surface area contributed by atoms with Gasteiger partial charge in [-0.3, -0.25) is 9.47 Å². The average molecular weight is 370 g/mol. The van der Waals surface area contributed by atoms with Gasteiger partial charge in [0.25, 0.3) is 0 Å². The summed E-state index contributed by atoms with van der Waals surface area (Å²) >= 11 is 0. The third kappa shape index (κ3) is 3.07. The van der Waals surface area contributed by atoms with Crippen molar-refractivity contribution in [3.8, 4) is 0 Å². The van der Waals surface area contributed by atoms with Crippen LogP contribution in [0, 0.1) is 0 Å². The smallest absolute Gasteiger partial charge is 1.00 e. The van der Waals surface area contributed by atoms with Gasteiger partial charge in [-0.1, -0.05) is 0 Å². The van der Waals surface area contributed by atoms with Gasteiger partial charge >= 0.3 is 87.6 Å². The summed E-state index contributed by atoms with van der Waals surface area (Å²) in [5.41, 5.74) is 0. The second kappa shape index (κ2) is 5.39. The number of rotatable bonds is 1. The minimum Gasteiger partial charge on any atom is -1.00 e. The summed E-state index contributed by atoms with van der Waals surface area (Å²) in [6.07, 6.45) is -26.6. The monoisotopic (exact) mass is 370 g/mol. The van der Waals surface area contributed by atoms with Gasteiger partial charge in [-0.05, 0) is 0 Å². The Labute approximate surface area is 151 Å². The van der Waals surface area contributed by atoms with Gasteiger partial charge in [-0.2, -0.15) is 48.3 Å². The molecule has 1 heterocycles. The Hall–Kier alpha value is 0.746. The minimum atomic E-state index is -6.87. The molecule has 1 N–H and O–H groups in total. The summed E-state index contributed by atoms with van der Waals surface area (Å²) in [6, 6.07) is 0. The first-order valence-electron chi connectivity index (χ1n) is 4.12. The van der Waals surface area contributed by atoms with E-state index in [1.807, 2.05) is 0 Å². The summed E-state index contributed by atoms with van der Waals surface area (Å²) in [5.74, 6) is -12.8. The summed E-state index contributed by atoms with van der Waals surface area (Å²) in [4.78, 5) is 0. The van der Waals surface area contributed by atoms with Gasteiger partial charge in [-0.25, -0.2) is 0 Å². The van der Waals surface area contributed by atoms with Crippen LogP contribution < -0.4 is 51.4 Å². The number of aliphatic hydroxyl groups is 1. The first kappa shape index (κ1) is 21.7. The van der Waals surface area contributed by atoms with Crippen molar-refractivity contribution >= 4 is 0 Å². The van der Waals surface area contributed by atoms with Crippen molar-refractivity contribution in [2.75, 3.05) is 0 Å². The van der Waals surface area contributed by atoms with Crippen molar-refractivity contribution in [3.63, 3.8) is 0 Å². The van der Waals surface area contributed by atoms with Crippen molar-refractivity contribution in [1.82, 2.24) is 0 Å². The Morgan fingerprint density at radius 2 is 1.14 bits per heavy atom. The number of alkyl halides is 11. The van der Waals surface area contributed by atoms with Crippen molar-refractivity contribution in [2.45, 2.75) is 36.2 Å². The molecule has 0 aromatic carbocycles. The fourth-order valence-corrected chi connectivity index (χ4v) is 1.16. The fraction of sp³-hybridized carbons (Fsp3) is 1.00. The molecule has 1 aliphatic rings. The van der Waals surface area contributed by atoms with Crippen LogP contribution in [-0.2, 0) is 9.47 Å². The van der Waals surface area contributed by atoms with E-state index in [0.29, 0.717) is 0 Å². The Kier molecular flexibility index (Phi) is 5.58. The van der Waals surface area contributed by atoms with Gasteiger partial charge in [0.1, 0.15) is 0 Å². The molecule has 2 atom stereocenters. The van der Waals surface area contributed by atoms with Gasteiger partial charge in [0, 0.05) is 0 Å². The zero-order chi connectivity index (χ0) is 16.4. The van der Waals surface area contributed by atoms with E-state index >= 15 is 0 Å². The van der Waals surface area contributed by atoms with E-state index in [4.69, 9.17) is 5.11 Å². The van der Waals surface area contributed by atoms with Crippen LogP contribution in [0.15, 0.2) is 0 Å². The standard InChI is InChI=1S/C6HF11O3.K.H/c7-1(3(8,9)10)6(16,17)20-2(19-1,4(11,12)13)5(14,15)18;;/h18H;;/q;+1;-1. The Morgan fingerprint density at radius 3 is 1.29 bits per heavy atom.